The number of hydrogen-bond acceptors (Lipinski definition) is 5. The van der Waals surface area contributed by atoms with Crippen LogP contribution in [0, 0.1) is 0 Å². The Kier molecular flexibility index (Phi) is 2.95. The zero-order valence-corrected chi connectivity index (χ0v) is 13.4. The number of rotatable bonds is 4. The van der Waals surface area contributed by atoms with Crippen LogP contribution in [0.1, 0.15) is 54.6 Å². The minimum Gasteiger partial charge on any atom is -0.480 e. The second-order valence-electron chi connectivity index (χ2n) is 6.79. The maximum absolute atomic E-state index is 5.57. The van der Waals surface area contributed by atoms with Gasteiger partial charge in [-0.3, -0.25) is 4.68 Å². The Labute approximate surface area is 135 Å². The maximum Gasteiger partial charge on any atom is 0.226 e. The van der Waals surface area contributed by atoms with E-state index in [0.29, 0.717) is 17.8 Å². The van der Waals surface area contributed by atoms with Crippen molar-refractivity contribution in [2.45, 2.75) is 50.6 Å². The minimum atomic E-state index is 0.542. The van der Waals surface area contributed by atoms with E-state index < -0.39 is 0 Å². The van der Waals surface area contributed by atoms with E-state index >= 15 is 0 Å². The first-order valence-electron chi connectivity index (χ1n) is 8.57. The molecule has 2 aliphatic carbocycles. The van der Waals surface area contributed by atoms with Crippen LogP contribution in [0.4, 0.5) is 0 Å². The summed E-state index contributed by atoms with van der Waals surface area (Å²) in [6.07, 6.45) is 7.58. The SMILES string of the molecule is COc1ncnc(C2CC2)c1-c1nn(C2CC2)c2c1CNCC2. The maximum atomic E-state index is 5.57. The molecule has 6 nitrogen and oxygen atoms in total. The van der Waals surface area contributed by atoms with Crippen molar-refractivity contribution in [2.75, 3.05) is 13.7 Å². The van der Waals surface area contributed by atoms with Gasteiger partial charge in [0.15, 0.2) is 0 Å². The Morgan fingerprint density at radius 3 is 2.83 bits per heavy atom. The van der Waals surface area contributed by atoms with Crippen LogP contribution in [-0.2, 0) is 13.0 Å². The largest absolute Gasteiger partial charge is 0.480 e. The number of aromatic nitrogens is 4. The van der Waals surface area contributed by atoms with Crippen molar-refractivity contribution in [1.29, 1.82) is 0 Å². The van der Waals surface area contributed by atoms with Gasteiger partial charge in [0.1, 0.15) is 12.0 Å². The topological polar surface area (TPSA) is 64.9 Å². The normalized spacial score (nSPS) is 20.4. The average Bonchev–Trinajstić information content (AvgIpc) is 3.51. The van der Waals surface area contributed by atoms with Crippen molar-refractivity contribution in [3.63, 3.8) is 0 Å². The van der Waals surface area contributed by atoms with Crippen molar-refractivity contribution in [3.8, 4) is 17.1 Å². The van der Waals surface area contributed by atoms with Crippen LogP contribution in [-0.4, -0.2) is 33.4 Å². The Morgan fingerprint density at radius 2 is 2.09 bits per heavy atom. The molecule has 0 aromatic carbocycles. The predicted molar refractivity (Wildman–Crippen MR) is 85.5 cm³/mol. The molecule has 3 aliphatic rings. The van der Waals surface area contributed by atoms with Crippen LogP contribution in [0.15, 0.2) is 6.33 Å². The predicted octanol–water partition coefficient (Wildman–Crippen LogP) is 2.21. The summed E-state index contributed by atoms with van der Waals surface area (Å²) in [6, 6.07) is 0.593. The Morgan fingerprint density at radius 1 is 1.22 bits per heavy atom. The van der Waals surface area contributed by atoms with Gasteiger partial charge in [0.25, 0.3) is 0 Å². The van der Waals surface area contributed by atoms with E-state index in [2.05, 4.69) is 20.0 Å². The molecule has 1 aliphatic heterocycles. The highest BCUT2D eigenvalue weighted by atomic mass is 16.5. The van der Waals surface area contributed by atoms with E-state index in [1.54, 1.807) is 13.4 Å². The number of nitrogens with zero attached hydrogens (tertiary/aromatic N) is 4. The molecule has 2 aromatic heterocycles. The van der Waals surface area contributed by atoms with Gasteiger partial charge in [0.05, 0.1) is 24.4 Å². The quantitative estimate of drug-likeness (QED) is 0.938. The number of fused-ring (bicyclic) bond motifs is 1. The molecule has 5 rings (SSSR count). The number of nitrogens with one attached hydrogen (secondary N) is 1. The van der Waals surface area contributed by atoms with E-state index in [1.807, 2.05) is 0 Å². The average molecular weight is 311 g/mol. The molecule has 3 heterocycles. The van der Waals surface area contributed by atoms with Crippen molar-refractivity contribution in [2.24, 2.45) is 0 Å². The van der Waals surface area contributed by atoms with Gasteiger partial charge in [-0.15, -0.1) is 0 Å². The molecular formula is C17H21N5O. The molecule has 120 valence electrons. The van der Waals surface area contributed by atoms with Gasteiger partial charge >= 0.3 is 0 Å². The molecule has 2 fully saturated rings. The van der Waals surface area contributed by atoms with Gasteiger partial charge in [-0.25, -0.2) is 9.97 Å². The fraction of sp³-hybridized carbons (Fsp3) is 0.588. The molecule has 0 unspecified atom stereocenters. The molecule has 0 bridgehead atoms. The summed E-state index contributed by atoms with van der Waals surface area (Å²) in [7, 11) is 1.69. The zero-order valence-electron chi connectivity index (χ0n) is 13.4. The number of hydrogen-bond donors (Lipinski definition) is 1. The molecule has 0 amide bonds. The second kappa shape index (κ2) is 5.03. The third-order valence-electron chi connectivity index (χ3n) is 5.09. The lowest BCUT2D eigenvalue weighted by atomic mass is 10.00. The van der Waals surface area contributed by atoms with Gasteiger partial charge in [0.2, 0.25) is 5.88 Å². The lowest BCUT2D eigenvalue weighted by Crippen LogP contribution is -2.24. The fourth-order valence-corrected chi connectivity index (χ4v) is 3.62. The van der Waals surface area contributed by atoms with E-state index in [1.165, 1.54) is 36.9 Å². The lowest BCUT2D eigenvalue weighted by molar-refractivity contribution is 0.397. The number of methoxy groups -OCH3 is 1. The summed E-state index contributed by atoms with van der Waals surface area (Å²) in [4.78, 5) is 8.94. The van der Waals surface area contributed by atoms with Crippen LogP contribution in [0.3, 0.4) is 0 Å². The third kappa shape index (κ3) is 2.16. The second-order valence-corrected chi connectivity index (χ2v) is 6.79. The highest BCUT2D eigenvalue weighted by Crippen LogP contribution is 2.47. The molecule has 0 saturated heterocycles. The summed E-state index contributed by atoms with van der Waals surface area (Å²) in [5.74, 6) is 1.20. The summed E-state index contributed by atoms with van der Waals surface area (Å²) in [5.41, 5.74) is 5.90. The van der Waals surface area contributed by atoms with Gasteiger partial charge in [0, 0.05) is 36.7 Å². The highest BCUT2D eigenvalue weighted by molar-refractivity contribution is 5.72. The molecule has 0 radical (unpaired) electrons. The molecule has 1 N–H and O–H groups in total. The summed E-state index contributed by atoms with van der Waals surface area (Å²) >= 11 is 0. The van der Waals surface area contributed by atoms with E-state index in [4.69, 9.17) is 9.84 Å². The van der Waals surface area contributed by atoms with Crippen molar-refractivity contribution in [1.82, 2.24) is 25.1 Å². The summed E-state index contributed by atoms with van der Waals surface area (Å²) < 4.78 is 7.85. The van der Waals surface area contributed by atoms with Crippen LogP contribution < -0.4 is 10.1 Å². The Bertz CT molecular complexity index is 761. The number of ether oxygens (including phenoxy) is 1. The molecule has 23 heavy (non-hydrogen) atoms. The first-order valence-corrected chi connectivity index (χ1v) is 8.57. The Balaban J connectivity index is 1.73. The van der Waals surface area contributed by atoms with E-state index in [-0.39, 0.29) is 0 Å². The van der Waals surface area contributed by atoms with Gasteiger partial charge in [-0.1, -0.05) is 0 Å². The third-order valence-corrected chi connectivity index (χ3v) is 5.09. The zero-order chi connectivity index (χ0) is 15.4. The van der Waals surface area contributed by atoms with Gasteiger partial charge in [-0.05, 0) is 25.7 Å². The van der Waals surface area contributed by atoms with Crippen LogP contribution >= 0.6 is 0 Å². The van der Waals surface area contributed by atoms with Crippen LogP contribution in [0.5, 0.6) is 5.88 Å². The smallest absolute Gasteiger partial charge is 0.226 e. The first kappa shape index (κ1) is 13.5. The standard InChI is InChI=1S/C17H21N5O/c1-23-17-14(15(10-2-3-10)19-9-20-17)16-12-8-18-7-6-13(12)22(21-16)11-4-5-11/h9-11,18H,2-8H2,1H3. The highest BCUT2D eigenvalue weighted by Gasteiger charge is 2.36. The van der Waals surface area contributed by atoms with Gasteiger partial charge in [-0.2, -0.15) is 5.10 Å². The van der Waals surface area contributed by atoms with Crippen molar-refractivity contribution >= 4 is 0 Å². The van der Waals surface area contributed by atoms with Crippen molar-refractivity contribution < 1.29 is 4.74 Å². The molecule has 2 saturated carbocycles. The van der Waals surface area contributed by atoms with Crippen LogP contribution in [0.25, 0.3) is 11.3 Å². The fourth-order valence-electron chi connectivity index (χ4n) is 3.62. The van der Waals surface area contributed by atoms with Crippen molar-refractivity contribution in [3.05, 3.63) is 23.3 Å². The first-order chi connectivity index (χ1) is 11.4. The minimum absolute atomic E-state index is 0.542. The van der Waals surface area contributed by atoms with Crippen LogP contribution in [0.2, 0.25) is 0 Å². The molecule has 2 aromatic rings. The molecule has 6 heteroatoms. The lowest BCUT2D eigenvalue weighted by Gasteiger charge is -2.16. The molecule has 0 spiro atoms. The molecular weight excluding hydrogens is 290 g/mol. The molecule has 0 atom stereocenters. The van der Waals surface area contributed by atoms with Gasteiger partial charge < -0.3 is 10.1 Å². The van der Waals surface area contributed by atoms with E-state index in [9.17, 15) is 0 Å². The monoisotopic (exact) mass is 311 g/mol. The summed E-state index contributed by atoms with van der Waals surface area (Å²) in [5, 5.41) is 8.51. The summed E-state index contributed by atoms with van der Waals surface area (Å²) in [6.45, 7) is 1.91. The van der Waals surface area contributed by atoms with E-state index in [0.717, 1.165) is 36.5 Å². The Hall–Kier alpha value is -1.95.